The standard InChI is InChI=1S/C15H21ClN2O/c1-2-12(9-17)15(19)18(14-7-8-14)10-11-3-5-13(16)6-4-11/h3-6,12,14H,2,7-10,17H2,1H3. The van der Waals surface area contributed by atoms with Gasteiger partial charge in [0.15, 0.2) is 0 Å². The summed E-state index contributed by atoms with van der Waals surface area (Å²) in [5.74, 6) is 0.148. The fraction of sp³-hybridized carbons (Fsp3) is 0.533. The van der Waals surface area contributed by atoms with E-state index in [0.717, 1.165) is 29.8 Å². The summed E-state index contributed by atoms with van der Waals surface area (Å²) >= 11 is 5.88. The van der Waals surface area contributed by atoms with E-state index in [0.29, 0.717) is 19.1 Å². The highest BCUT2D eigenvalue weighted by Crippen LogP contribution is 2.30. The second-order valence-electron chi connectivity index (χ2n) is 5.16. The maximum atomic E-state index is 12.5. The number of carbonyl (C=O) groups excluding carboxylic acids is 1. The van der Waals surface area contributed by atoms with Crippen molar-refractivity contribution in [2.45, 2.75) is 38.8 Å². The van der Waals surface area contributed by atoms with Gasteiger partial charge in [0.05, 0.1) is 5.92 Å². The first kappa shape index (κ1) is 14.4. The van der Waals surface area contributed by atoms with Crippen LogP contribution in [0.15, 0.2) is 24.3 Å². The van der Waals surface area contributed by atoms with Crippen LogP contribution in [0, 0.1) is 5.92 Å². The number of hydrogen-bond donors (Lipinski definition) is 1. The molecule has 0 heterocycles. The number of nitrogens with zero attached hydrogens (tertiary/aromatic N) is 1. The molecule has 0 aliphatic heterocycles. The van der Waals surface area contributed by atoms with Crippen LogP contribution in [-0.4, -0.2) is 23.4 Å². The summed E-state index contributed by atoms with van der Waals surface area (Å²) in [7, 11) is 0. The van der Waals surface area contributed by atoms with E-state index < -0.39 is 0 Å². The molecule has 1 aliphatic carbocycles. The number of halogens is 1. The largest absolute Gasteiger partial charge is 0.335 e. The van der Waals surface area contributed by atoms with Crippen molar-refractivity contribution in [3.8, 4) is 0 Å². The molecule has 0 spiro atoms. The van der Waals surface area contributed by atoms with Crippen LogP contribution >= 0.6 is 11.6 Å². The molecule has 0 bridgehead atoms. The van der Waals surface area contributed by atoms with Crippen molar-refractivity contribution in [2.24, 2.45) is 11.7 Å². The Labute approximate surface area is 119 Å². The van der Waals surface area contributed by atoms with Gasteiger partial charge >= 0.3 is 0 Å². The zero-order chi connectivity index (χ0) is 13.8. The molecule has 3 nitrogen and oxygen atoms in total. The third-order valence-corrected chi connectivity index (χ3v) is 3.92. The highest BCUT2D eigenvalue weighted by Gasteiger charge is 2.34. The third kappa shape index (κ3) is 3.71. The average molecular weight is 281 g/mol. The molecule has 2 N–H and O–H groups in total. The second kappa shape index (κ2) is 6.40. The maximum absolute atomic E-state index is 12.5. The Hall–Kier alpha value is -1.06. The van der Waals surface area contributed by atoms with Gasteiger partial charge in [-0.15, -0.1) is 0 Å². The van der Waals surface area contributed by atoms with Gasteiger partial charge in [-0.05, 0) is 37.0 Å². The lowest BCUT2D eigenvalue weighted by molar-refractivity contribution is -0.136. The fourth-order valence-corrected chi connectivity index (χ4v) is 2.36. The van der Waals surface area contributed by atoms with Crippen molar-refractivity contribution in [1.29, 1.82) is 0 Å². The zero-order valence-electron chi connectivity index (χ0n) is 11.3. The van der Waals surface area contributed by atoms with E-state index in [-0.39, 0.29) is 11.8 Å². The molecule has 1 unspecified atom stereocenters. The molecule has 19 heavy (non-hydrogen) atoms. The van der Waals surface area contributed by atoms with Gasteiger partial charge in [0.1, 0.15) is 0 Å². The predicted molar refractivity (Wildman–Crippen MR) is 77.9 cm³/mol. The lowest BCUT2D eigenvalue weighted by atomic mass is 10.0. The van der Waals surface area contributed by atoms with Crippen molar-refractivity contribution >= 4 is 17.5 Å². The fourth-order valence-electron chi connectivity index (χ4n) is 2.24. The number of nitrogens with two attached hydrogens (primary N) is 1. The average Bonchev–Trinajstić information content (AvgIpc) is 3.23. The van der Waals surface area contributed by atoms with Crippen molar-refractivity contribution in [3.63, 3.8) is 0 Å². The smallest absolute Gasteiger partial charge is 0.227 e. The van der Waals surface area contributed by atoms with E-state index >= 15 is 0 Å². The topological polar surface area (TPSA) is 46.3 Å². The minimum absolute atomic E-state index is 0.0482. The van der Waals surface area contributed by atoms with Crippen LogP contribution in [0.3, 0.4) is 0 Å². The molecule has 0 radical (unpaired) electrons. The van der Waals surface area contributed by atoms with Crippen LogP contribution in [0.25, 0.3) is 0 Å². The van der Waals surface area contributed by atoms with Crippen molar-refractivity contribution < 1.29 is 4.79 Å². The molecule has 1 atom stereocenters. The van der Waals surface area contributed by atoms with Crippen molar-refractivity contribution in [3.05, 3.63) is 34.9 Å². The Kier molecular flexibility index (Phi) is 4.83. The van der Waals surface area contributed by atoms with Crippen LogP contribution in [0.4, 0.5) is 0 Å². The molecule has 0 saturated heterocycles. The molecule has 1 saturated carbocycles. The summed E-state index contributed by atoms with van der Waals surface area (Å²) in [6.45, 7) is 3.11. The Balaban J connectivity index is 2.08. The van der Waals surface area contributed by atoms with Crippen LogP contribution in [0.5, 0.6) is 0 Å². The number of hydrogen-bond acceptors (Lipinski definition) is 2. The quantitative estimate of drug-likeness (QED) is 0.871. The summed E-state index contributed by atoms with van der Waals surface area (Å²) in [5, 5.41) is 0.724. The summed E-state index contributed by atoms with van der Waals surface area (Å²) in [4.78, 5) is 14.5. The Morgan fingerprint density at radius 2 is 2.05 bits per heavy atom. The lowest BCUT2D eigenvalue weighted by Crippen LogP contribution is -2.39. The minimum Gasteiger partial charge on any atom is -0.335 e. The number of rotatable bonds is 6. The van der Waals surface area contributed by atoms with Gasteiger partial charge in [0, 0.05) is 24.2 Å². The van der Waals surface area contributed by atoms with Crippen LogP contribution < -0.4 is 5.73 Å². The summed E-state index contributed by atoms with van der Waals surface area (Å²) in [5.41, 5.74) is 6.81. The van der Waals surface area contributed by atoms with Gasteiger partial charge in [-0.3, -0.25) is 4.79 Å². The minimum atomic E-state index is -0.0482. The predicted octanol–water partition coefficient (Wildman–Crippen LogP) is 2.82. The van der Waals surface area contributed by atoms with Gasteiger partial charge in [-0.25, -0.2) is 0 Å². The van der Waals surface area contributed by atoms with E-state index in [4.69, 9.17) is 17.3 Å². The molecule has 2 rings (SSSR count). The molecule has 104 valence electrons. The summed E-state index contributed by atoms with van der Waals surface area (Å²) < 4.78 is 0. The highest BCUT2D eigenvalue weighted by atomic mass is 35.5. The SMILES string of the molecule is CCC(CN)C(=O)N(Cc1ccc(Cl)cc1)C1CC1. The first-order valence-corrected chi connectivity index (χ1v) is 7.28. The van der Waals surface area contributed by atoms with Crippen molar-refractivity contribution in [2.75, 3.05) is 6.54 Å². The Morgan fingerprint density at radius 3 is 2.53 bits per heavy atom. The summed E-state index contributed by atoms with van der Waals surface area (Å²) in [6.07, 6.45) is 3.03. The van der Waals surface area contributed by atoms with E-state index in [1.807, 2.05) is 36.1 Å². The van der Waals surface area contributed by atoms with E-state index in [1.54, 1.807) is 0 Å². The first-order valence-electron chi connectivity index (χ1n) is 6.90. The highest BCUT2D eigenvalue weighted by molar-refractivity contribution is 6.30. The molecule has 1 amide bonds. The van der Waals surface area contributed by atoms with E-state index in [1.165, 1.54) is 0 Å². The van der Waals surface area contributed by atoms with Crippen molar-refractivity contribution in [1.82, 2.24) is 4.90 Å². The van der Waals surface area contributed by atoms with Gasteiger partial charge in [0.2, 0.25) is 5.91 Å². The number of amides is 1. The monoisotopic (exact) mass is 280 g/mol. The molecular formula is C15H21ClN2O. The molecular weight excluding hydrogens is 260 g/mol. The third-order valence-electron chi connectivity index (χ3n) is 3.66. The molecule has 1 aromatic rings. The van der Waals surface area contributed by atoms with Gasteiger partial charge in [-0.1, -0.05) is 30.7 Å². The lowest BCUT2D eigenvalue weighted by Gasteiger charge is -2.26. The van der Waals surface area contributed by atoms with Gasteiger partial charge in [-0.2, -0.15) is 0 Å². The van der Waals surface area contributed by atoms with Crippen LogP contribution in [-0.2, 0) is 11.3 Å². The summed E-state index contributed by atoms with van der Waals surface area (Å²) in [6, 6.07) is 8.10. The molecule has 1 aliphatic rings. The van der Waals surface area contributed by atoms with Crippen LogP contribution in [0.1, 0.15) is 31.7 Å². The van der Waals surface area contributed by atoms with Gasteiger partial charge in [0.25, 0.3) is 0 Å². The Morgan fingerprint density at radius 1 is 1.42 bits per heavy atom. The van der Waals surface area contributed by atoms with Gasteiger partial charge < -0.3 is 10.6 Å². The van der Waals surface area contributed by atoms with E-state index in [2.05, 4.69) is 0 Å². The molecule has 1 aromatic carbocycles. The normalized spacial score (nSPS) is 16.2. The zero-order valence-corrected chi connectivity index (χ0v) is 12.1. The first-order chi connectivity index (χ1) is 9.15. The molecule has 1 fully saturated rings. The Bertz CT molecular complexity index is 424. The number of carbonyl (C=O) groups is 1. The molecule has 4 heteroatoms. The van der Waals surface area contributed by atoms with E-state index in [9.17, 15) is 4.79 Å². The second-order valence-corrected chi connectivity index (χ2v) is 5.60. The number of benzene rings is 1. The van der Waals surface area contributed by atoms with Crippen LogP contribution in [0.2, 0.25) is 5.02 Å². The maximum Gasteiger partial charge on any atom is 0.227 e. The molecule has 0 aromatic heterocycles.